The number of esters is 1. The van der Waals surface area contributed by atoms with Gasteiger partial charge in [-0.25, -0.2) is 4.79 Å². The number of carbonyl (C=O) groups is 3. The number of carbonyl (C=O) groups excluding carboxylic acids is 3. The summed E-state index contributed by atoms with van der Waals surface area (Å²) in [6.07, 6.45) is 0. The van der Waals surface area contributed by atoms with Gasteiger partial charge in [0.1, 0.15) is 12.6 Å². The second kappa shape index (κ2) is 10.2. The number of halogens is 1. The fraction of sp³-hybridized carbons (Fsp3) is 0.375. The zero-order valence-electron chi connectivity index (χ0n) is 19.0. The van der Waals surface area contributed by atoms with E-state index in [-0.39, 0.29) is 25.9 Å². The lowest BCUT2D eigenvalue weighted by Crippen LogP contribution is -2.55. The molecule has 8 nitrogen and oxygen atoms in total. The smallest absolute Gasteiger partial charge is 0.338 e. The largest absolute Gasteiger partial charge is 0.459 e. The van der Waals surface area contributed by atoms with Gasteiger partial charge >= 0.3 is 5.97 Å². The molecule has 2 amide bonds. The van der Waals surface area contributed by atoms with Gasteiger partial charge in [0, 0.05) is 23.5 Å². The van der Waals surface area contributed by atoms with E-state index in [1.807, 2.05) is 20.8 Å². The molecular formula is C24H27BrN2O6. The molecule has 1 N–H and O–H groups in total. The maximum Gasteiger partial charge on any atom is 0.338 e. The van der Waals surface area contributed by atoms with E-state index < -0.39 is 23.5 Å². The van der Waals surface area contributed by atoms with Gasteiger partial charge in [-0.05, 0) is 50.6 Å². The van der Waals surface area contributed by atoms with Gasteiger partial charge in [0.2, 0.25) is 18.6 Å². The summed E-state index contributed by atoms with van der Waals surface area (Å²) in [4.78, 5) is 39.7. The summed E-state index contributed by atoms with van der Waals surface area (Å²) < 4.78 is 17.0. The van der Waals surface area contributed by atoms with Gasteiger partial charge in [-0.1, -0.05) is 34.1 Å². The first-order chi connectivity index (χ1) is 15.5. The normalized spacial score (nSPS) is 13.2. The lowest BCUT2D eigenvalue weighted by molar-refractivity contribution is -0.142. The Hall–Kier alpha value is -3.07. The number of rotatable bonds is 7. The molecule has 0 saturated heterocycles. The van der Waals surface area contributed by atoms with E-state index in [9.17, 15) is 14.4 Å². The van der Waals surface area contributed by atoms with E-state index in [1.165, 1.54) is 11.8 Å². The summed E-state index contributed by atoms with van der Waals surface area (Å²) in [6.45, 7) is 6.81. The van der Waals surface area contributed by atoms with E-state index in [0.29, 0.717) is 21.5 Å². The zero-order chi connectivity index (χ0) is 24.2. The predicted octanol–water partition coefficient (Wildman–Crippen LogP) is 3.67. The lowest BCUT2D eigenvalue weighted by Gasteiger charge is -2.32. The molecule has 1 unspecified atom stereocenters. The van der Waals surface area contributed by atoms with E-state index in [0.717, 1.165) is 5.56 Å². The second-order valence-electron chi connectivity index (χ2n) is 8.66. The molecule has 0 bridgehead atoms. The Kier molecular flexibility index (Phi) is 7.63. The molecule has 1 atom stereocenters. The van der Waals surface area contributed by atoms with Crippen LogP contribution in [0.5, 0.6) is 11.5 Å². The topological polar surface area (TPSA) is 94.2 Å². The van der Waals surface area contributed by atoms with Crippen LogP contribution in [0.3, 0.4) is 0 Å². The van der Waals surface area contributed by atoms with Crippen molar-refractivity contribution >= 4 is 33.7 Å². The molecule has 0 spiro atoms. The summed E-state index contributed by atoms with van der Waals surface area (Å²) >= 11 is 3.50. The van der Waals surface area contributed by atoms with Crippen molar-refractivity contribution in [1.29, 1.82) is 0 Å². The summed E-state index contributed by atoms with van der Waals surface area (Å²) in [5.41, 5.74) is 0.540. The van der Waals surface area contributed by atoms with Crippen LogP contribution < -0.4 is 14.8 Å². The molecule has 0 fully saturated rings. The molecule has 2 aromatic carbocycles. The summed E-state index contributed by atoms with van der Waals surface area (Å²) in [5, 5.41) is 2.88. The molecule has 0 radical (unpaired) electrons. The molecule has 9 heteroatoms. The Bertz CT molecular complexity index is 1040. The highest BCUT2D eigenvalue weighted by Crippen LogP contribution is 2.37. The standard InChI is InChI=1S/C24H27BrN2O6/c1-15(28)27(12-17-10-20-21(11-18(17)25)33-14-32-20)19(22(29)26-24(2,3)4)13-31-23(30)16-8-6-5-7-9-16/h5-11,19H,12-14H2,1-4H3,(H,26,29). The van der Waals surface area contributed by atoms with Crippen LogP contribution in [0.1, 0.15) is 43.6 Å². The van der Waals surface area contributed by atoms with Crippen LogP contribution in [0.4, 0.5) is 0 Å². The molecule has 1 heterocycles. The van der Waals surface area contributed by atoms with Crippen molar-refractivity contribution < 1.29 is 28.6 Å². The first-order valence-corrected chi connectivity index (χ1v) is 11.2. The van der Waals surface area contributed by atoms with Crippen molar-refractivity contribution in [2.75, 3.05) is 13.4 Å². The predicted molar refractivity (Wildman–Crippen MR) is 125 cm³/mol. The van der Waals surface area contributed by atoms with Gasteiger partial charge in [-0.3, -0.25) is 9.59 Å². The summed E-state index contributed by atoms with van der Waals surface area (Å²) in [5.74, 6) is -0.182. The molecule has 0 aliphatic carbocycles. The van der Waals surface area contributed by atoms with Crippen LogP contribution in [0.15, 0.2) is 46.9 Å². The van der Waals surface area contributed by atoms with Crippen LogP contribution in [0.25, 0.3) is 0 Å². The molecule has 0 saturated carbocycles. The number of amides is 2. The number of fused-ring (bicyclic) bond motifs is 1. The van der Waals surface area contributed by atoms with Crippen LogP contribution in [0, 0.1) is 0 Å². The van der Waals surface area contributed by atoms with Gasteiger partial charge in [0.05, 0.1) is 5.56 Å². The highest BCUT2D eigenvalue weighted by atomic mass is 79.9. The average Bonchev–Trinajstić information content (AvgIpc) is 3.19. The van der Waals surface area contributed by atoms with Gasteiger partial charge in [-0.15, -0.1) is 0 Å². The second-order valence-corrected chi connectivity index (χ2v) is 9.52. The number of ether oxygens (including phenoxy) is 3. The van der Waals surface area contributed by atoms with Gasteiger partial charge in [0.25, 0.3) is 0 Å². The first-order valence-electron chi connectivity index (χ1n) is 10.4. The minimum absolute atomic E-state index is 0.0949. The Morgan fingerprint density at radius 2 is 1.76 bits per heavy atom. The van der Waals surface area contributed by atoms with Crippen molar-refractivity contribution in [3.8, 4) is 11.5 Å². The number of hydrogen-bond donors (Lipinski definition) is 1. The average molecular weight is 519 g/mol. The molecule has 1 aliphatic rings. The van der Waals surface area contributed by atoms with E-state index in [4.69, 9.17) is 14.2 Å². The lowest BCUT2D eigenvalue weighted by atomic mass is 10.1. The number of benzene rings is 2. The molecule has 3 rings (SSSR count). The van der Waals surface area contributed by atoms with E-state index in [2.05, 4.69) is 21.2 Å². The SMILES string of the molecule is CC(=O)N(Cc1cc2c(cc1Br)OCO2)C(COC(=O)c1ccccc1)C(=O)NC(C)(C)C. The van der Waals surface area contributed by atoms with Crippen molar-refractivity contribution in [2.45, 2.75) is 45.8 Å². The van der Waals surface area contributed by atoms with Crippen molar-refractivity contribution in [1.82, 2.24) is 10.2 Å². The number of nitrogens with zero attached hydrogens (tertiary/aromatic N) is 1. The summed E-state index contributed by atoms with van der Waals surface area (Å²) in [6, 6.07) is 11.0. The zero-order valence-corrected chi connectivity index (χ0v) is 20.6. The van der Waals surface area contributed by atoms with Gasteiger partial charge < -0.3 is 24.4 Å². The molecule has 1 aliphatic heterocycles. The van der Waals surface area contributed by atoms with Crippen molar-refractivity contribution in [3.63, 3.8) is 0 Å². The van der Waals surface area contributed by atoms with Crippen LogP contribution in [-0.4, -0.2) is 47.7 Å². The molecule has 2 aromatic rings. The highest BCUT2D eigenvalue weighted by molar-refractivity contribution is 9.10. The Balaban J connectivity index is 1.86. The fourth-order valence-corrected chi connectivity index (χ4v) is 3.72. The minimum Gasteiger partial charge on any atom is -0.459 e. The Morgan fingerprint density at radius 1 is 1.12 bits per heavy atom. The molecular weight excluding hydrogens is 492 g/mol. The first kappa shape index (κ1) is 24.6. The third-order valence-electron chi connectivity index (χ3n) is 4.85. The molecule has 33 heavy (non-hydrogen) atoms. The Labute approximate surface area is 201 Å². The molecule has 0 aromatic heterocycles. The monoisotopic (exact) mass is 518 g/mol. The van der Waals surface area contributed by atoms with Crippen LogP contribution >= 0.6 is 15.9 Å². The minimum atomic E-state index is -1.04. The fourth-order valence-electron chi connectivity index (χ4n) is 3.28. The van der Waals surface area contributed by atoms with Crippen LogP contribution in [0.2, 0.25) is 0 Å². The maximum absolute atomic E-state index is 13.2. The molecule has 176 valence electrons. The Morgan fingerprint density at radius 3 is 2.36 bits per heavy atom. The van der Waals surface area contributed by atoms with E-state index >= 15 is 0 Å². The number of nitrogens with one attached hydrogen (secondary N) is 1. The third kappa shape index (κ3) is 6.47. The summed E-state index contributed by atoms with van der Waals surface area (Å²) in [7, 11) is 0. The quantitative estimate of drug-likeness (QED) is 0.562. The third-order valence-corrected chi connectivity index (χ3v) is 5.58. The van der Waals surface area contributed by atoms with E-state index in [1.54, 1.807) is 42.5 Å². The van der Waals surface area contributed by atoms with Gasteiger partial charge in [0.15, 0.2) is 11.5 Å². The van der Waals surface area contributed by atoms with Gasteiger partial charge in [-0.2, -0.15) is 0 Å². The van der Waals surface area contributed by atoms with Crippen molar-refractivity contribution in [2.24, 2.45) is 0 Å². The van der Waals surface area contributed by atoms with Crippen molar-refractivity contribution in [3.05, 3.63) is 58.1 Å². The van der Waals surface area contributed by atoms with Crippen LogP contribution in [-0.2, 0) is 20.9 Å². The highest BCUT2D eigenvalue weighted by Gasteiger charge is 2.32. The maximum atomic E-state index is 13.2. The number of hydrogen-bond acceptors (Lipinski definition) is 6.